The monoisotopic (exact) mass is 173 g/mol. The molecule has 0 fully saturated rings. The molecule has 0 saturated carbocycles. The number of rotatable bonds is 3. The van der Waals surface area contributed by atoms with E-state index in [-0.39, 0.29) is 0 Å². The van der Waals surface area contributed by atoms with Gasteiger partial charge in [-0.2, -0.15) is 5.10 Å². The van der Waals surface area contributed by atoms with Crippen molar-refractivity contribution in [3.8, 4) is 12.3 Å². The highest BCUT2D eigenvalue weighted by molar-refractivity contribution is 5.97. The van der Waals surface area contributed by atoms with E-state index in [1.807, 2.05) is 30.3 Å². The molecule has 3 nitrogen and oxygen atoms in total. The molecule has 0 saturated heterocycles. The van der Waals surface area contributed by atoms with Gasteiger partial charge in [-0.25, -0.2) is 0 Å². The Bertz CT molecular complexity index is 322. The maximum atomic E-state index is 5.65. The van der Waals surface area contributed by atoms with E-state index in [4.69, 9.17) is 12.2 Å². The van der Waals surface area contributed by atoms with Gasteiger partial charge in [0.2, 0.25) is 0 Å². The molecule has 0 radical (unpaired) electrons. The van der Waals surface area contributed by atoms with E-state index in [0.717, 1.165) is 5.56 Å². The molecule has 0 aromatic heterocycles. The Hall–Kier alpha value is -1.95. The van der Waals surface area contributed by atoms with Crippen molar-refractivity contribution in [1.82, 2.24) is 5.43 Å². The van der Waals surface area contributed by atoms with Crippen molar-refractivity contribution in [3.05, 3.63) is 35.9 Å². The molecule has 0 atom stereocenters. The van der Waals surface area contributed by atoms with Gasteiger partial charge in [-0.05, 0) is 0 Å². The Labute approximate surface area is 77.6 Å². The molecule has 13 heavy (non-hydrogen) atoms. The minimum absolute atomic E-state index is 0.382. The first-order valence-electron chi connectivity index (χ1n) is 3.89. The van der Waals surface area contributed by atoms with Gasteiger partial charge in [0.1, 0.15) is 0 Å². The van der Waals surface area contributed by atoms with Crippen LogP contribution in [-0.4, -0.2) is 12.4 Å². The van der Waals surface area contributed by atoms with Crippen LogP contribution in [0.25, 0.3) is 0 Å². The number of amidine groups is 1. The molecule has 3 N–H and O–H groups in total. The van der Waals surface area contributed by atoms with Crippen LogP contribution in [0.3, 0.4) is 0 Å². The van der Waals surface area contributed by atoms with Crippen molar-refractivity contribution in [2.45, 2.75) is 0 Å². The van der Waals surface area contributed by atoms with E-state index in [9.17, 15) is 0 Å². The number of nitrogens with two attached hydrogens (primary N) is 1. The third-order valence-corrected chi connectivity index (χ3v) is 1.45. The highest BCUT2D eigenvalue weighted by Crippen LogP contribution is 1.96. The number of terminal acetylenes is 1. The predicted molar refractivity (Wildman–Crippen MR) is 54.0 cm³/mol. The lowest BCUT2D eigenvalue weighted by atomic mass is 10.2. The summed E-state index contributed by atoms with van der Waals surface area (Å²) >= 11 is 0. The van der Waals surface area contributed by atoms with Gasteiger partial charge in [0, 0.05) is 5.56 Å². The van der Waals surface area contributed by atoms with Gasteiger partial charge in [0.25, 0.3) is 0 Å². The first-order chi connectivity index (χ1) is 6.34. The fraction of sp³-hybridized carbons (Fsp3) is 0.100. The molecule has 0 aliphatic carbocycles. The van der Waals surface area contributed by atoms with Gasteiger partial charge in [-0.15, -0.1) is 6.42 Å². The minimum atomic E-state index is 0.382. The highest BCUT2D eigenvalue weighted by Gasteiger charge is 1.94. The molecule has 0 unspecified atom stereocenters. The molecular formula is C10H11N3. The molecule has 0 amide bonds. The number of hydrogen-bond acceptors (Lipinski definition) is 2. The van der Waals surface area contributed by atoms with Gasteiger partial charge in [-0.3, -0.25) is 5.43 Å². The maximum Gasteiger partial charge on any atom is 0.150 e. The van der Waals surface area contributed by atoms with Crippen molar-refractivity contribution >= 4 is 5.84 Å². The van der Waals surface area contributed by atoms with Crippen LogP contribution in [0.1, 0.15) is 5.56 Å². The van der Waals surface area contributed by atoms with Gasteiger partial charge < -0.3 is 5.73 Å². The quantitative estimate of drug-likeness (QED) is 0.230. The second-order valence-electron chi connectivity index (χ2n) is 2.40. The Balaban J connectivity index is 2.63. The van der Waals surface area contributed by atoms with E-state index in [2.05, 4.69) is 16.4 Å². The molecule has 0 aliphatic heterocycles. The number of nitrogens with zero attached hydrogens (tertiary/aromatic N) is 1. The van der Waals surface area contributed by atoms with Crippen LogP contribution in [0.2, 0.25) is 0 Å². The summed E-state index contributed by atoms with van der Waals surface area (Å²) in [7, 11) is 0. The van der Waals surface area contributed by atoms with Gasteiger partial charge >= 0.3 is 0 Å². The lowest BCUT2D eigenvalue weighted by Crippen LogP contribution is -2.19. The van der Waals surface area contributed by atoms with Crippen LogP contribution in [0.5, 0.6) is 0 Å². The fourth-order valence-electron chi connectivity index (χ4n) is 0.844. The van der Waals surface area contributed by atoms with Crippen LogP contribution in [0, 0.1) is 12.3 Å². The normalized spacial score (nSPS) is 10.5. The summed E-state index contributed by atoms with van der Waals surface area (Å²) in [5, 5.41) is 3.89. The Morgan fingerprint density at radius 2 is 2.15 bits per heavy atom. The van der Waals surface area contributed by atoms with Crippen molar-refractivity contribution < 1.29 is 0 Å². The summed E-state index contributed by atoms with van der Waals surface area (Å²) in [6.07, 6.45) is 5.03. The molecule has 1 aromatic carbocycles. The first kappa shape index (κ1) is 9.14. The van der Waals surface area contributed by atoms with Crippen molar-refractivity contribution in [3.63, 3.8) is 0 Å². The van der Waals surface area contributed by atoms with Gasteiger partial charge in [0.15, 0.2) is 5.84 Å². The maximum absolute atomic E-state index is 5.65. The zero-order valence-electron chi connectivity index (χ0n) is 7.20. The highest BCUT2D eigenvalue weighted by atomic mass is 15.3. The molecule has 3 heteroatoms. The van der Waals surface area contributed by atoms with E-state index in [0.29, 0.717) is 12.4 Å². The smallest absolute Gasteiger partial charge is 0.150 e. The summed E-state index contributed by atoms with van der Waals surface area (Å²) in [5.74, 6) is 2.84. The molecular weight excluding hydrogens is 162 g/mol. The molecule has 1 rings (SSSR count). The van der Waals surface area contributed by atoms with E-state index >= 15 is 0 Å². The Morgan fingerprint density at radius 3 is 2.77 bits per heavy atom. The topological polar surface area (TPSA) is 50.4 Å². The van der Waals surface area contributed by atoms with Crippen LogP contribution in [0.15, 0.2) is 35.4 Å². The summed E-state index contributed by atoms with van der Waals surface area (Å²) in [5.41, 5.74) is 9.20. The fourth-order valence-corrected chi connectivity index (χ4v) is 0.844. The minimum Gasteiger partial charge on any atom is -0.382 e. The molecule has 0 heterocycles. The zero-order chi connectivity index (χ0) is 9.52. The van der Waals surface area contributed by atoms with Gasteiger partial charge in [-0.1, -0.05) is 36.3 Å². The molecule has 0 spiro atoms. The summed E-state index contributed by atoms with van der Waals surface area (Å²) in [4.78, 5) is 0. The Kier molecular flexibility index (Phi) is 3.40. The van der Waals surface area contributed by atoms with Crippen LogP contribution < -0.4 is 11.2 Å². The standard InChI is InChI=1S/C10H11N3/c1-2-8-12-13-10(11)9-6-4-3-5-7-9/h1,3-7,12H,8H2,(H2,11,13). The lowest BCUT2D eigenvalue weighted by molar-refractivity contribution is 0.837. The average Bonchev–Trinajstić information content (AvgIpc) is 2.19. The van der Waals surface area contributed by atoms with E-state index in [1.54, 1.807) is 0 Å². The second-order valence-corrected chi connectivity index (χ2v) is 2.40. The van der Waals surface area contributed by atoms with Crippen LogP contribution >= 0.6 is 0 Å². The van der Waals surface area contributed by atoms with E-state index in [1.165, 1.54) is 0 Å². The van der Waals surface area contributed by atoms with Crippen molar-refractivity contribution in [1.29, 1.82) is 0 Å². The lowest BCUT2D eigenvalue weighted by Gasteiger charge is -1.99. The number of hydrogen-bond donors (Lipinski definition) is 2. The Morgan fingerprint density at radius 1 is 1.46 bits per heavy atom. The number of nitrogens with one attached hydrogen (secondary N) is 1. The first-order valence-corrected chi connectivity index (χ1v) is 3.89. The second kappa shape index (κ2) is 4.83. The largest absolute Gasteiger partial charge is 0.382 e. The van der Waals surface area contributed by atoms with Crippen LogP contribution in [0.4, 0.5) is 0 Å². The molecule has 1 aromatic rings. The number of hydrazone groups is 1. The third-order valence-electron chi connectivity index (χ3n) is 1.45. The van der Waals surface area contributed by atoms with Crippen molar-refractivity contribution in [2.75, 3.05) is 6.54 Å². The van der Waals surface area contributed by atoms with E-state index < -0.39 is 0 Å². The SMILES string of the molecule is C#CCN/N=C(\N)c1ccccc1. The van der Waals surface area contributed by atoms with Crippen LogP contribution in [-0.2, 0) is 0 Å². The predicted octanol–water partition coefficient (Wildman–Crippen LogP) is 0.530. The summed E-state index contributed by atoms with van der Waals surface area (Å²) in [6, 6.07) is 9.50. The average molecular weight is 173 g/mol. The molecule has 66 valence electrons. The van der Waals surface area contributed by atoms with Gasteiger partial charge in [0.05, 0.1) is 6.54 Å². The molecule has 0 aliphatic rings. The summed E-state index contributed by atoms with van der Waals surface area (Å²) in [6.45, 7) is 0.382. The third kappa shape index (κ3) is 2.88. The zero-order valence-corrected chi connectivity index (χ0v) is 7.20. The summed E-state index contributed by atoms with van der Waals surface area (Å²) < 4.78 is 0. The van der Waals surface area contributed by atoms with Crippen molar-refractivity contribution in [2.24, 2.45) is 10.8 Å². The number of benzene rings is 1. The molecule has 0 bridgehead atoms.